The Bertz CT molecular complexity index is 386. The van der Waals surface area contributed by atoms with Crippen LogP contribution in [0.25, 0.3) is 0 Å². The number of hydrogen-bond donors (Lipinski definition) is 1. The van der Waals surface area contributed by atoms with Gasteiger partial charge in [-0.05, 0) is 15.9 Å². The van der Waals surface area contributed by atoms with E-state index in [4.69, 9.17) is 5.11 Å². The molecule has 0 saturated carbocycles. The molecular weight excluding hydrogens is 266 g/mol. The Morgan fingerprint density at radius 3 is 2.64 bits per heavy atom. The lowest BCUT2D eigenvalue weighted by atomic mass is 10.2. The molecular formula is C6H3BrF2N2O3. The minimum atomic E-state index is -3.05. The summed E-state index contributed by atoms with van der Waals surface area (Å²) in [6.45, 7) is 0. The average Bonchev–Trinajstić information content (AvgIpc) is 2.08. The molecule has 5 nitrogen and oxygen atoms in total. The van der Waals surface area contributed by atoms with Crippen molar-refractivity contribution in [2.24, 2.45) is 0 Å². The second-order valence-corrected chi connectivity index (χ2v) is 3.01. The summed E-state index contributed by atoms with van der Waals surface area (Å²) in [6.07, 6.45) is -2.41. The second kappa shape index (κ2) is 3.82. The molecule has 0 bridgehead atoms. The standard InChI is InChI=1S/C6H3BrF2N2O3/c7-5-4(12)3(11(13)14)2(1-10-5)6(8)9/h1,6,12H. The number of aromatic hydroxyl groups is 1. The van der Waals surface area contributed by atoms with E-state index in [9.17, 15) is 18.9 Å². The number of pyridine rings is 1. The fraction of sp³-hybridized carbons (Fsp3) is 0.167. The summed E-state index contributed by atoms with van der Waals surface area (Å²) < 4.78 is 24.2. The normalized spacial score (nSPS) is 10.6. The zero-order valence-electron chi connectivity index (χ0n) is 6.45. The SMILES string of the molecule is O=[N+]([O-])c1c(C(F)F)cnc(Br)c1O. The maximum Gasteiger partial charge on any atom is 0.324 e. The number of nitro groups is 1. The number of rotatable bonds is 2. The molecule has 1 aromatic rings. The maximum absolute atomic E-state index is 12.2. The Hall–Kier alpha value is -1.31. The van der Waals surface area contributed by atoms with Crippen molar-refractivity contribution in [3.05, 3.63) is 26.5 Å². The minimum absolute atomic E-state index is 0.242. The number of alkyl halides is 2. The Kier molecular flexibility index (Phi) is 2.94. The molecule has 0 radical (unpaired) electrons. The van der Waals surface area contributed by atoms with Gasteiger partial charge in [-0.1, -0.05) is 0 Å². The first kappa shape index (κ1) is 10.8. The lowest BCUT2D eigenvalue weighted by Crippen LogP contribution is -1.98. The van der Waals surface area contributed by atoms with Crippen molar-refractivity contribution in [3.63, 3.8) is 0 Å². The molecule has 0 amide bonds. The topological polar surface area (TPSA) is 76.3 Å². The maximum atomic E-state index is 12.2. The smallest absolute Gasteiger partial charge is 0.324 e. The first-order valence-corrected chi connectivity index (χ1v) is 4.04. The van der Waals surface area contributed by atoms with Gasteiger partial charge in [0, 0.05) is 6.20 Å². The Balaban J connectivity index is 3.45. The number of halogens is 3. The highest BCUT2D eigenvalue weighted by Gasteiger charge is 2.28. The third-order valence-corrected chi connectivity index (χ3v) is 2.01. The average molecular weight is 269 g/mol. The summed E-state index contributed by atoms with van der Waals surface area (Å²) in [4.78, 5) is 12.6. The van der Waals surface area contributed by atoms with Crippen molar-refractivity contribution in [2.75, 3.05) is 0 Å². The molecule has 0 aliphatic carbocycles. The van der Waals surface area contributed by atoms with Crippen molar-refractivity contribution < 1.29 is 18.8 Å². The predicted molar refractivity (Wildman–Crippen MR) is 45.2 cm³/mol. The van der Waals surface area contributed by atoms with Crippen LogP contribution in [0.5, 0.6) is 5.75 Å². The summed E-state index contributed by atoms with van der Waals surface area (Å²) in [5, 5.41) is 19.5. The van der Waals surface area contributed by atoms with Crippen LogP contribution in [0.4, 0.5) is 14.5 Å². The van der Waals surface area contributed by atoms with E-state index in [1.165, 1.54) is 0 Å². The molecule has 1 rings (SSSR count). The molecule has 0 atom stereocenters. The highest BCUT2D eigenvalue weighted by atomic mass is 79.9. The van der Waals surface area contributed by atoms with Crippen molar-refractivity contribution in [1.82, 2.24) is 4.98 Å². The van der Waals surface area contributed by atoms with Crippen LogP contribution in [-0.4, -0.2) is 15.0 Å². The van der Waals surface area contributed by atoms with Gasteiger partial charge < -0.3 is 5.11 Å². The lowest BCUT2D eigenvalue weighted by Gasteiger charge is -2.03. The van der Waals surface area contributed by atoms with Gasteiger partial charge in [0.1, 0.15) is 5.56 Å². The van der Waals surface area contributed by atoms with Gasteiger partial charge in [-0.15, -0.1) is 0 Å². The van der Waals surface area contributed by atoms with Gasteiger partial charge >= 0.3 is 5.69 Å². The lowest BCUT2D eigenvalue weighted by molar-refractivity contribution is -0.387. The molecule has 76 valence electrons. The van der Waals surface area contributed by atoms with Crippen LogP contribution in [0, 0.1) is 10.1 Å². The molecule has 0 aliphatic rings. The fourth-order valence-electron chi connectivity index (χ4n) is 0.834. The third kappa shape index (κ3) is 1.79. The van der Waals surface area contributed by atoms with Gasteiger partial charge in [-0.2, -0.15) is 0 Å². The zero-order chi connectivity index (χ0) is 10.9. The molecule has 0 saturated heterocycles. The van der Waals surface area contributed by atoms with Crippen molar-refractivity contribution in [2.45, 2.75) is 6.43 Å². The largest absolute Gasteiger partial charge is 0.500 e. The molecule has 14 heavy (non-hydrogen) atoms. The number of aromatic nitrogens is 1. The van der Waals surface area contributed by atoms with Crippen LogP contribution in [0.3, 0.4) is 0 Å². The first-order valence-electron chi connectivity index (χ1n) is 3.25. The highest BCUT2D eigenvalue weighted by molar-refractivity contribution is 9.10. The van der Waals surface area contributed by atoms with Crippen molar-refractivity contribution in [3.8, 4) is 5.75 Å². The van der Waals surface area contributed by atoms with Gasteiger partial charge in [-0.25, -0.2) is 13.8 Å². The highest BCUT2D eigenvalue weighted by Crippen LogP contribution is 2.38. The molecule has 8 heteroatoms. The van der Waals surface area contributed by atoms with Gasteiger partial charge in [0.25, 0.3) is 6.43 Å². The fourth-order valence-corrected chi connectivity index (χ4v) is 1.12. The van der Waals surface area contributed by atoms with Crippen LogP contribution in [0.15, 0.2) is 10.8 Å². The molecule has 1 heterocycles. The minimum Gasteiger partial charge on any atom is -0.500 e. The quantitative estimate of drug-likeness (QED) is 0.508. The van der Waals surface area contributed by atoms with Crippen molar-refractivity contribution in [1.29, 1.82) is 0 Å². The van der Waals surface area contributed by atoms with E-state index in [1.807, 2.05) is 0 Å². The third-order valence-electron chi connectivity index (χ3n) is 1.43. The summed E-state index contributed by atoms with van der Waals surface area (Å²) in [6, 6.07) is 0. The van der Waals surface area contributed by atoms with E-state index >= 15 is 0 Å². The van der Waals surface area contributed by atoms with E-state index in [0.29, 0.717) is 6.20 Å². The van der Waals surface area contributed by atoms with Crippen LogP contribution < -0.4 is 0 Å². The summed E-state index contributed by atoms with van der Waals surface area (Å²) in [5.74, 6) is -0.896. The molecule has 0 fully saturated rings. The van der Waals surface area contributed by atoms with Crippen LogP contribution in [-0.2, 0) is 0 Å². The van der Waals surface area contributed by atoms with Crippen LogP contribution in [0.1, 0.15) is 12.0 Å². The zero-order valence-corrected chi connectivity index (χ0v) is 8.03. The molecule has 0 aromatic carbocycles. The summed E-state index contributed by atoms with van der Waals surface area (Å²) in [5.41, 5.74) is -1.93. The van der Waals surface area contributed by atoms with Crippen molar-refractivity contribution >= 4 is 21.6 Å². The molecule has 0 unspecified atom stereocenters. The van der Waals surface area contributed by atoms with Crippen LogP contribution in [0.2, 0.25) is 0 Å². The van der Waals surface area contributed by atoms with Gasteiger partial charge in [-0.3, -0.25) is 10.1 Å². The Morgan fingerprint density at radius 1 is 1.64 bits per heavy atom. The molecule has 0 aliphatic heterocycles. The van der Waals surface area contributed by atoms with E-state index < -0.39 is 28.3 Å². The van der Waals surface area contributed by atoms with E-state index in [2.05, 4.69) is 20.9 Å². The van der Waals surface area contributed by atoms with E-state index in [1.54, 1.807) is 0 Å². The Labute approximate surface area is 84.7 Å². The number of hydrogen-bond acceptors (Lipinski definition) is 4. The summed E-state index contributed by atoms with van der Waals surface area (Å²) >= 11 is 2.69. The second-order valence-electron chi connectivity index (χ2n) is 2.26. The first-order chi connectivity index (χ1) is 6.45. The monoisotopic (exact) mass is 268 g/mol. The van der Waals surface area contributed by atoms with Gasteiger partial charge in [0.05, 0.1) is 4.92 Å². The van der Waals surface area contributed by atoms with Gasteiger partial charge in [0.2, 0.25) is 5.75 Å². The molecule has 0 spiro atoms. The van der Waals surface area contributed by atoms with E-state index in [0.717, 1.165) is 0 Å². The van der Waals surface area contributed by atoms with Crippen LogP contribution >= 0.6 is 15.9 Å². The summed E-state index contributed by atoms with van der Waals surface area (Å²) in [7, 11) is 0. The molecule has 1 aromatic heterocycles. The Morgan fingerprint density at radius 2 is 2.21 bits per heavy atom. The predicted octanol–water partition coefficient (Wildman–Crippen LogP) is 2.40. The number of nitrogens with zero attached hydrogens (tertiary/aromatic N) is 2. The van der Waals surface area contributed by atoms with E-state index in [-0.39, 0.29) is 4.60 Å². The van der Waals surface area contributed by atoms with Gasteiger partial charge in [0.15, 0.2) is 4.60 Å². The molecule has 1 N–H and O–H groups in total.